The third-order valence-corrected chi connectivity index (χ3v) is 6.28. The molecule has 0 saturated carbocycles. The molecule has 4 N–H and O–H groups in total. The Balaban J connectivity index is 1.66. The van der Waals surface area contributed by atoms with Crippen LogP contribution in [0.3, 0.4) is 0 Å². The van der Waals surface area contributed by atoms with Crippen LogP contribution >= 0.6 is 0 Å². The van der Waals surface area contributed by atoms with E-state index in [1.165, 1.54) is 26.4 Å². The molecule has 196 valence electrons. The molecule has 0 spiro atoms. The summed E-state index contributed by atoms with van der Waals surface area (Å²) in [6.45, 7) is 1.90. The van der Waals surface area contributed by atoms with Gasteiger partial charge in [0.2, 0.25) is 11.8 Å². The Morgan fingerprint density at radius 3 is 2.81 bits per heavy atom. The van der Waals surface area contributed by atoms with E-state index in [1.54, 1.807) is 24.3 Å². The van der Waals surface area contributed by atoms with Gasteiger partial charge in [-0.05, 0) is 37.1 Å². The first-order valence-electron chi connectivity index (χ1n) is 11.7. The number of methoxy groups -OCH3 is 2. The van der Waals surface area contributed by atoms with Crippen molar-refractivity contribution in [1.29, 1.82) is 0 Å². The average Bonchev–Trinajstić information content (AvgIpc) is 2.87. The molecule has 3 heterocycles. The van der Waals surface area contributed by atoms with Crippen molar-refractivity contribution in [1.82, 2.24) is 10.5 Å². The lowest BCUT2D eigenvalue weighted by atomic mass is 9.82. The summed E-state index contributed by atoms with van der Waals surface area (Å²) in [5.41, 5.74) is 11.4. The molecule has 4 atom stereocenters. The average molecular weight is 513 g/mol. The van der Waals surface area contributed by atoms with Crippen LogP contribution in [0.2, 0.25) is 0 Å². The molecule has 37 heavy (non-hydrogen) atoms. The van der Waals surface area contributed by atoms with Crippen molar-refractivity contribution in [3.05, 3.63) is 47.8 Å². The lowest BCUT2D eigenvalue weighted by molar-refractivity contribution is -0.149. The molecule has 0 aliphatic carbocycles. The zero-order chi connectivity index (χ0) is 26.5. The predicted molar refractivity (Wildman–Crippen MR) is 135 cm³/mol. The number of hydroxylamine groups is 1. The van der Waals surface area contributed by atoms with Crippen LogP contribution in [-0.4, -0.2) is 66.5 Å². The number of ether oxygens (including phenoxy) is 2. The Morgan fingerprint density at radius 2 is 2.08 bits per heavy atom. The van der Waals surface area contributed by atoms with E-state index in [9.17, 15) is 9.18 Å². The van der Waals surface area contributed by atoms with Gasteiger partial charge in [-0.15, -0.1) is 0 Å². The fourth-order valence-corrected chi connectivity index (χ4v) is 4.54. The van der Waals surface area contributed by atoms with Gasteiger partial charge in [-0.25, -0.2) is 24.2 Å². The molecule has 0 amide bonds. The molecular weight excluding hydrogens is 483 g/mol. The summed E-state index contributed by atoms with van der Waals surface area (Å²) < 4.78 is 24.5. The molecule has 11 nitrogen and oxygen atoms in total. The topological polar surface area (TPSA) is 153 Å². The summed E-state index contributed by atoms with van der Waals surface area (Å²) in [4.78, 5) is 35.0. The fraction of sp³-hybridized carbons (Fsp3) is 0.400. The van der Waals surface area contributed by atoms with E-state index in [2.05, 4.69) is 20.4 Å². The van der Waals surface area contributed by atoms with Crippen LogP contribution in [0.4, 0.5) is 4.39 Å². The number of guanidine groups is 1. The van der Waals surface area contributed by atoms with E-state index in [4.69, 9.17) is 30.1 Å². The summed E-state index contributed by atoms with van der Waals surface area (Å²) in [6, 6.07) is 9.05. The molecule has 0 saturated heterocycles. The van der Waals surface area contributed by atoms with E-state index in [-0.39, 0.29) is 30.9 Å². The zero-order valence-corrected chi connectivity index (χ0v) is 20.7. The smallest absolute Gasteiger partial charge is 0.332 e. The number of aliphatic imine (C=N–C) groups is 3. The van der Waals surface area contributed by atoms with Gasteiger partial charge >= 0.3 is 5.97 Å². The molecule has 0 bridgehead atoms. The molecule has 1 aromatic carbocycles. The lowest BCUT2D eigenvalue weighted by Crippen LogP contribution is -2.47. The highest BCUT2D eigenvalue weighted by atomic mass is 19.1. The fourth-order valence-electron chi connectivity index (χ4n) is 4.54. The van der Waals surface area contributed by atoms with Gasteiger partial charge in [0, 0.05) is 30.9 Å². The minimum atomic E-state index is -1.07. The van der Waals surface area contributed by atoms with Crippen LogP contribution in [0.1, 0.15) is 31.4 Å². The molecule has 2 aliphatic heterocycles. The van der Waals surface area contributed by atoms with Gasteiger partial charge in [0.05, 0.1) is 37.4 Å². The summed E-state index contributed by atoms with van der Waals surface area (Å²) in [6.07, 6.45) is -0.363. The molecule has 12 heteroatoms. The summed E-state index contributed by atoms with van der Waals surface area (Å²) >= 11 is 0. The van der Waals surface area contributed by atoms with E-state index in [1.807, 2.05) is 6.92 Å². The second kappa shape index (κ2) is 11.4. The van der Waals surface area contributed by atoms with Gasteiger partial charge in [-0.2, -0.15) is 0 Å². The Labute approximate surface area is 213 Å². The van der Waals surface area contributed by atoms with Crippen LogP contribution in [0, 0.1) is 11.7 Å². The van der Waals surface area contributed by atoms with Crippen LogP contribution in [0.25, 0.3) is 11.3 Å². The zero-order valence-electron chi connectivity index (χ0n) is 20.7. The van der Waals surface area contributed by atoms with Crippen molar-refractivity contribution in [2.24, 2.45) is 26.6 Å². The minimum Gasteiger partial charge on any atom is -0.481 e. The highest BCUT2D eigenvalue weighted by molar-refractivity contribution is 6.11. The highest BCUT2D eigenvalue weighted by Crippen LogP contribution is 2.39. The summed E-state index contributed by atoms with van der Waals surface area (Å²) in [7, 11) is 2.84. The van der Waals surface area contributed by atoms with Crippen LogP contribution < -0.4 is 16.0 Å². The second-order valence-electron chi connectivity index (χ2n) is 8.65. The van der Waals surface area contributed by atoms with Gasteiger partial charge in [0.1, 0.15) is 11.7 Å². The van der Waals surface area contributed by atoms with Gasteiger partial charge < -0.3 is 20.3 Å². The number of benzene rings is 1. The van der Waals surface area contributed by atoms with E-state index < -0.39 is 23.9 Å². The molecule has 2 aromatic rings. The molecular formula is C25H29FN6O5. The first-order valence-corrected chi connectivity index (χ1v) is 11.7. The molecule has 2 aliphatic rings. The Morgan fingerprint density at radius 1 is 1.27 bits per heavy atom. The molecule has 0 fully saturated rings. The highest BCUT2D eigenvalue weighted by Gasteiger charge is 2.39. The quantitative estimate of drug-likeness (QED) is 0.342. The number of amidine groups is 1. The standard InChI is InChI=1S/C25H29FN6O5/c1-13-22-19(31-25(27)28-13)12-18(30-23(22)32-37-10-9-20(35-2)24(33)34)15-8-7-14(26)11-16(15)17-5-4-6-21(29-17)36-3/h4-8,11,18-20,22H,9-10,12H2,1-3H3,(H2,27,31)(H,30,32)(H,33,34)/t18?,19-,20+,22?/m1/s1. The number of halogens is 1. The number of nitrogens with two attached hydrogens (primary N) is 1. The molecule has 4 rings (SSSR count). The van der Waals surface area contributed by atoms with Crippen LogP contribution in [-0.2, 0) is 14.4 Å². The predicted octanol–water partition coefficient (Wildman–Crippen LogP) is 2.52. The normalized spacial score (nSPS) is 21.7. The number of carboxylic acid groups (broad SMARTS) is 1. The van der Waals surface area contributed by atoms with Gasteiger partial charge in [-0.1, -0.05) is 12.1 Å². The number of fused-ring (bicyclic) bond motifs is 1. The first kappa shape index (κ1) is 26.2. The van der Waals surface area contributed by atoms with E-state index >= 15 is 0 Å². The van der Waals surface area contributed by atoms with Crippen molar-refractivity contribution in [2.75, 3.05) is 20.8 Å². The number of nitrogens with one attached hydrogen (secondary N) is 1. The van der Waals surface area contributed by atoms with Crippen LogP contribution in [0.15, 0.2) is 51.4 Å². The van der Waals surface area contributed by atoms with Crippen LogP contribution in [0.5, 0.6) is 5.88 Å². The van der Waals surface area contributed by atoms with Gasteiger partial charge in [0.15, 0.2) is 6.10 Å². The minimum absolute atomic E-state index is 0.0585. The van der Waals surface area contributed by atoms with Crippen molar-refractivity contribution in [3.8, 4) is 17.1 Å². The maximum atomic E-state index is 14.4. The number of aliphatic carboxylic acids is 1. The summed E-state index contributed by atoms with van der Waals surface area (Å²) in [5, 5.41) is 9.16. The summed E-state index contributed by atoms with van der Waals surface area (Å²) in [5.74, 6) is -0.731. The van der Waals surface area contributed by atoms with Crippen molar-refractivity contribution in [3.63, 3.8) is 0 Å². The van der Waals surface area contributed by atoms with Crippen molar-refractivity contribution in [2.45, 2.75) is 38.0 Å². The Bertz CT molecular complexity index is 1250. The lowest BCUT2D eigenvalue weighted by Gasteiger charge is -2.35. The Hall–Kier alpha value is -3.90. The van der Waals surface area contributed by atoms with E-state index in [0.717, 1.165) is 11.3 Å². The largest absolute Gasteiger partial charge is 0.481 e. The van der Waals surface area contributed by atoms with E-state index in [0.29, 0.717) is 29.4 Å². The number of pyridine rings is 1. The number of hydrogen-bond donors (Lipinski definition) is 3. The molecule has 2 unspecified atom stereocenters. The molecule has 1 aromatic heterocycles. The van der Waals surface area contributed by atoms with Crippen molar-refractivity contribution >= 4 is 23.5 Å². The number of carbonyl (C=O) groups is 1. The number of nitrogens with zero attached hydrogens (tertiary/aromatic N) is 4. The number of rotatable bonds is 9. The van der Waals surface area contributed by atoms with Gasteiger partial charge in [-0.3, -0.25) is 15.3 Å². The third-order valence-electron chi connectivity index (χ3n) is 6.28. The SMILES string of the molecule is COc1cccc(-c2cc(F)ccc2C2C[C@H]3N=C(N)N=C(C)C3C(NOCC[C@H](OC)C(=O)O)=N2)n1. The maximum Gasteiger partial charge on any atom is 0.332 e. The second-order valence-corrected chi connectivity index (χ2v) is 8.65. The first-order chi connectivity index (χ1) is 17.8. The van der Waals surface area contributed by atoms with Crippen molar-refractivity contribution < 1.29 is 28.6 Å². The maximum absolute atomic E-state index is 14.4. The number of hydrogen-bond acceptors (Lipinski definition) is 10. The molecule has 0 radical (unpaired) electrons. The number of aromatic nitrogens is 1. The number of carboxylic acids is 1. The Kier molecular flexibility index (Phi) is 8.09. The third kappa shape index (κ3) is 5.92. The van der Waals surface area contributed by atoms with Gasteiger partial charge in [0.25, 0.3) is 0 Å². The monoisotopic (exact) mass is 512 g/mol.